The highest BCUT2D eigenvalue weighted by atomic mass is 16.4. The predicted octanol–water partition coefficient (Wildman–Crippen LogP) is 0.592. The molecule has 8 nitrogen and oxygen atoms in total. The summed E-state index contributed by atoms with van der Waals surface area (Å²) in [5.74, 6) is -2.35. The maximum atomic E-state index is 12.6. The van der Waals surface area contributed by atoms with E-state index < -0.39 is 30.4 Å². The molecule has 138 valence electrons. The Morgan fingerprint density at radius 1 is 1.16 bits per heavy atom. The predicted molar refractivity (Wildman–Crippen MR) is 92.4 cm³/mol. The molecular weight excluding hydrogens is 324 g/mol. The molecule has 8 heteroatoms. The van der Waals surface area contributed by atoms with Crippen molar-refractivity contribution in [1.82, 2.24) is 15.6 Å². The van der Waals surface area contributed by atoms with Crippen LogP contribution in [0.2, 0.25) is 0 Å². The van der Waals surface area contributed by atoms with E-state index in [0.29, 0.717) is 6.42 Å². The van der Waals surface area contributed by atoms with Crippen LogP contribution in [0, 0.1) is 5.92 Å². The molecule has 0 saturated carbocycles. The van der Waals surface area contributed by atoms with Gasteiger partial charge in [-0.25, -0.2) is 0 Å². The number of nitrogens with one attached hydrogen (secondary N) is 2. The molecule has 0 aliphatic heterocycles. The lowest BCUT2D eigenvalue weighted by molar-refractivity contribution is -0.139. The summed E-state index contributed by atoms with van der Waals surface area (Å²) >= 11 is 0. The second-order valence-corrected chi connectivity index (χ2v) is 6.18. The third-order valence-electron chi connectivity index (χ3n) is 3.81. The standard InChI is InChI=1S/C17H26N4O4/c1-4-13(11-5-7-19-8-6-11)20-17(25)15(10(2)3)21-16(24)12(18)9-14(22)23/h5-8,10,12-13,15H,4,9,18H2,1-3H3,(H,20,25)(H,21,24)(H,22,23)/t12-,13-,15+/m0/s1. The first-order valence-corrected chi connectivity index (χ1v) is 8.24. The maximum absolute atomic E-state index is 12.6. The van der Waals surface area contributed by atoms with Gasteiger partial charge in [0.15, 0.2) is 0 Å². The molecule has 0 aromatic carbocycles. The van der Waals surface area contributed by atoms with Gasteiger partial charge in [0.25, 0.3) is 0 Å². The van der Waals surface area contributed by atoms with Crippen molar-refractivity contribution >= 4 is 17.8 Å². The molecule has 0 unspecified atom stereocenters. The van der Waals surface area contributed by atoms with Crippen molar-refractivity contribution in [2.45, 2.75) is 51.7 Å². The van der Waals surface area contributed by atoms with Crippen molar-refractivity contribution in [3.8, 4) is 0 Å². The first-order chi connectivity index (χ1) is 11.8. The molecule has 0 spiro atoms. The summed E-state index contributed by atoms with van der Waals surface area (Å²) in [6.45, 7) is 5.53. The summed E-state index contributed by atoms with van der Waals surface area (Å²) in [5, 5.41) is 14.2. The highest BCUT2D eigenvalue weighted by molar-refractivity contribution is 5.91. The lowest BCUT2D eigenvalue weighted by Crippen LogP contribution is -2.54. The fourth-order valence-corrected chi connectivity index (χ4v) is 2.35. The number of hydrogen-bond donors (Lipinski definition) is 4. The Kier molecular flexibility index (Phi) is 8.00. The molecule has 0 saturated heterocycles. The zero-order valence-electron chi connectivity index (χ0n) is 14.7. The zero-order valence-corrected chi connectivity index (χ0v) is 14.7. The Hall–Kier alpha value is -2.48. The van der Waals surface area contributed by atoms with Crippen LogP contribution in [0.3, 0.4) is 0 Å². The summed E-state index contributed by atoms with van der Waals surface area (Å²) in [5.41, 5.74) is 6.47. The molecule has 1 aromatic rings. The minimum absolute atomic E-state index is 0.184. The smallest absolute Gasteiger partial charge is 0.305 e. The number of aliphatic carboxylic acids is 1. The van der Waals surface area contributed by atoms with Crippen LogP contribution in [0.4, 0.5) is 0 Å². The topological polar surface area (TPSA) is 134 Å². The molecule has 5 N–H and O–H groups in total. The molecule has 1 heterocycles. The molecule has 0 radical (unpaired) electrons. The van der Waals surface area contributed by atoms with Gasteiger partial charge in [-0.05, 0) is 30.0 Å². The number of carbonyl (C=O) groups excluding carboxylic acids is 2. The Balaban J connectivity index is 2.79. The summed E-state index contributed by atoms with van der Waals surface area (Å²) in [4.78, 5) is 39.3. The molecule has 0 aliphatic carbocycles. The zero-order chi connectivity index (χ0) is 19.0. The number of aromatic nitrogens is 1. The third kappa shape index (κ3) is 6.50. The van der Waals surface area contributed by atoms with E-state index in [2.05, 4.69) is 15.6 Å². The number of amides is 2. The molecule has 25 heavy (non-hydrogen) atoms. The van der Waals surface area contributed by atoms with Crippen LogP contribution in [0.15, 0.2) is 24.5 Å². The van der Waals surface area contributed by atoms with Gasteiger partial charge in [-0.3, -0.25) is 19.4 Å². The number of rotatable bonds is 9. The monoisotopic (exact) mass is 350 g/mol. The SMILES string of the molecule is CC[C@H](NC(=O)[C@H](NC(=O)[C@@H](N)CC(=O)O)C(C)C)c1ccncc1. The van der Waals surface area contributed by atoms with Crippen LogP contribution in [0.1, 0.15) is 45.2 Å². The van der Waals surface area contributed by atoms with E-state index in [-0.39, 0.29) is 17.9 Å². The quantitative estimate of drug-likeness (QED) is 0.515. The van der Waals surface area contributed by atoms with E-state index >= 15 is 0 Å². The van der Waals surface area contributed by atoms with E-state index in [9.17, 15) is 14.4 Å². The molecule has 0 bridgehead atoms. The lowest BCUT2D eigenvalue weighted by atomic mass is 10.0. The highest BCUT2D eigenvalue weighted by Gasteiger charge is 2.28. The number of pyridine rings is 1. The van der Waals surface area contributed by atoms with Crippen LogP contribution < -0.4 is 16.4 Å². The summed E-state index contributed by atoms with van der Waals surface area (Å²) in [6, 6.07) is 1.43. The van der Waals surface area contributed by atoms with E-state index in [1.165, 1.54) is 0 Å². The summed E-state index contributed by atoms with van der Waals surface area (Å²) in [6.07, 6.45) is 3.48. The first kappa shape index (κ1) is 20.6. The molecule has 0 fully saturated rings. The average molecular weight is 350 g/mol. The maximum Gasteiger partial charge on any atom is 0.305 e. The Morgan fingerprint density at radius 3 is 2.24 bits per heavy atom. The second-order valence-electron chi connectivity index (χ2n) is 6.18. The lowest BCUT2D eigenvalue weighted by Gasteiger charge is -2.26. The van der Waals surface area contributed by atoms with Crippen LogP contribution in [-0.2, 0) is 14.4 Å². The molecule has 1 rings (SSSR count). The minimum Gasteiger partial charge on any atom is -0.481 e. The number of carbonyl (C=O) groups is 3. The highest BCUT2D eigenvalue weighted by Crippen LogP contribution is 2.16. The van der Waals surface area contributed by atoms with Crippen LogP contribution in [0.25, 0.3) is 0 Å². The first-order valence-electron chi connectivity index (χ1n) is 8.24. The molecule has 3 atom stereocenters. The Labute approximate surface area is 147 Å². The molecule has 2 amide bonds. The van der Waals surface area contributed by atoms with E-state index in [1.807, 2.05) is 19.1 Å². The van der Waals surface area contributed by atoms with E-state index in [4.69, 9.17) is 10.8 Å². The van der Waals surface area contributed by atoms with Gasteiger partial charge in [0, 0.05) is 12.4 Å². The average Bonchev–Trinajstić information content (AvgIpc) is 2.56. The van der Waals surface area contributed by atoms with Crippen molar-refractivity contribution in [2.75, 3.05) is 0 Å². The van der Waals surface area contributed by atoms with Crippen molar-refractivity contribution in [3.05, 3.63) is 30.1 Å². The Morgan fingerprint density at radius 2 is 1.76 bits per heavy atom. The largest absolute Gasteiger partial charge is 0.481 e. The van der Waals surface area contributed by atoms with E-state index in [1.54, 1.807) is 26.2 Å². The third-order valence-corrected chi connectivity index (χ3v) is 3.81. The van der Waals surface area contributed by atoms with Gasteiger partial charge in [-0.1, -0.05) is 20.8 Å². The van der Waals surface area contributed by atoms with Crippen LogP contribution in [0.5, 0.6) is 0 Å². The summed E-state index contributed by atoms with van der Waals surface area (Å²) in [7, 11) is 0. The van der Waals surface area contributed by atoms with E-state index in [0.717, 1.165) is 5.56 Å². The number of nitrogens with two attached hydrogens (primary N) is 1. The number of carboxylic acids is 1. The molecular formula is C17H26N4O4. The van der Waals surface area contributed by atoms with Crippen molar-refractivity contribution in [1.29, 1.82) is 0 Å². The Bertz CT molecular complexity index is 592. The normalized spacial score (nSPS) is 14.4. The number of carboxylic acid groups (broad SMARTS) is 1. The van der Waals surface area contributed by atoms with Gasteiger partial charge >= 0.3 is 5.97 Å². The van der Waals surface area contributed by atoms with Crippen LogP contribution >= 0.6 is 0 Å². The fourth-order valence-electron chi connectivity index (χ4n) is 2.35. The summed E-state index contributed by atoms with van der Waals surface area (Å²) < 4.78 is 0. The van der Waals surface area contributed by atoms with Gasteiger partial charge < -0.3 is 21.5 Å². The van der Waals surface area contributed by atoms with Crippen LogP contribution in [-0.4, -0.2) is 40.0 Å². The fraction of sp³-hybridized carbons (Fsp3) is 0.529. The van der Waals surface area contributed by atoms with Crippen molar-refractivity contribution in [2.24, 2.45) is 11.7 Å². The van der Waals surface area contributed by atoms with Gasteiger partial charge in [0.1, 0.15) is 6.04 Å². The number of hydrogen-bond acceptors (Lipinski definition) is 5. The number of nitrogens with zero attached hydrogens (tertiary/aromatic N) is 1. The van der Waals surface area contributed by atoms with Gasteiger partial charge in [0.2, 0.25) is 11.8 Å². The molecule has 1 aromatic heterocycles. The van der Waals surface area contributed by atoms with Crippen molar-refractivity contribution < 1.29 is 19.5 Å². The second kappa shape index (κ2) is 9.73. The molecule has 0 aliphatic rings. The minimum atomic E-state index is -1.20. The van der Waals surface area contributed by atoms with Gasteiger partial charge in [0.05, 0.1) is 18.5 Å². The van der Waals surface area contributed by atoms with Crippen molar-refractivity contribution in [3.63, 3.8) is 0 Å². The van der Waals surface area contributed by atoms with Gasteiger partial charge in [-0.2, -0.15) is 0 Å². The van der Waals surface area contributed by atoms with Gasteiger partial charge in [-0.15, -0.1) is 0 Å².